The van der Waals surface area contributed by atoms with Crippen molar-refractivity contribution in [2.24, 2.45) is 29.1 Å². The van der Waals surface area contributed by atoms with Crippen LogP contribution in [0.5, 0.6) is 0 Å². The van der Waals surface area contributed by atoms with Crippen LogP contribution in [0.15, 0.2) is 74.2 Å². The van der Waals surface area contributed by atoms with Gasteiger partial charge in [-0.25, -0.2) is 0 Å². The lowest BCUT2D eigenvalue weighted by molar-refractivity contribution is -0.0595. The van der Waals surface area contributed by atoms with Crippen LogP contribution in [0, 0.1) is 42.9 Å². The summed E-state index contributed by atoms with van der Waals surface area (Å²) in [6.45, 7) is 21.4. The Morgan fingerprint density at radius 2 is 1.19 bits per heavy atom. The second-order valence-corrected chi connectivity index (χ2v) is 21.0. The summed E-state index contributed by atoms with van der Waals surface area (Å²) in [5, 5.41) is 4.38. The third kappa shape index (κ3) is 3.81. The average molecular weight is 755 g/mol. The van der Waals surface area contributed by atoms with Gasteiger partial charge in [0.15, 0.2) is 0 Å². The minimum Gasteiger partial charge on any atom is -0.458 e. The number of hydrogen-bond acceptors (Lipinski definition) is 6. The van der Waals surface area contributed by atoms with Crippen molar-refractivity contribution in [1.82, 2.24) is 0 Å². The van der Waals surface area contributed by atoms with Crippen molar-refractivity contribution in [2.75, 3.05) is 9.80 Å². The molecular weight excluding hydrogens is 701 g/mol. The number of thiophene rings is 2. The Bertz CT molecular complexity index is 2460. The SMILES string of the molecule is Cc1cccc2c1N1C(C)c3oc4ccsc4c3C1(C)C(C)(C)C2(C)C.Cc1ccccc1N1C(C)c2oc3ccsc3c2C12C1CC3CC(C1)CC2C3. The van der Waals surface area contributed by atoms with Crippen LogP contribution in [0.25, 0.3) is 20.6 Å². The number of furan rings is 2. The molecule has 280 valence electrons. The zero-order chi connectivity index (χ0) is 37.3. The van der Waals surface area contributed by atoms with Crippen molar-refractivity contribution in [3.8, 4) is 0 Å². The zero-order valence-corrected chi connectivity index (χ0v) is 35.0. The Hall–Kier alpha value is -3.48. The highest BCUT2D eigenvalue weighted by Gasteiger charge is 2.67. The fourth-order valence-electron chi connectivity index (χ4n) is 13.7. The quantitative estimate of drug-likeness (QED) is 0.167. The molecule has 0 radical (unpaired) electrons. The van der Waals surface area contributed by atoms with Gasteiger partial charge in [0, 0.05) is 27.9 Å². The predicted molar refractivity (Wildman–Crippen MR) is 225 cm³/mol. The van der Waals surface area contributed by atoms with Gasteiger partial charge in [0.05, 0.1) is 32.6 Å². The molecule has 4 saturated carbocycles. The van der Waals surface area contributed by atoms with Gasteiger partial charge in [-0.15, -0.1) is 22.7 Å². The number of aryl methyl sites for hydroxylation is 2. The Morgan fingerprint density at radius 1 is 0.630 bits per heavy atom. The van der Waals surface area contributed by atoms with Gasteiger partial charge in [-0.2, -0.15) is 0 Å². The van der Waals surface area contributed by atoms with Gasteiger partial charge in [0.2, 0.25) is 0 Å². The molecule has 0 amide bonds. The van der Waals surface area contributed by atoms with Gasteiger partial charge in [-0.3, -0.25) is 0 Å². The van der Waals surface area contributed by atoms with Crippen LogP contribution in [-0.4, -0.2) is 0 Å². The lowest BCUT2D eigenvalue weighted by Crippen LogP contribution is -2.62. The minimum atomic E-state index is -0.111. The van der Waals surface area contributed by atoms with Gasteiger partial charge in [-0.05, 0) is 141 Å². The van der Waals surface area contributed by atoms with Crippen molar-refractivity contribution in [3.05, 3.63) is 105 Å². The lowest BCUT2D eigenvalue weighted by Gasteiger charge is -2.63. The van der Waals surface area contributed by atoms with E-state index < -0.39 is 0 Å². The van der Waals surface area contributed by atoms with Crippen molar-refractivity contribution < 1.29 is 8.83 Å². The molecule has 3 atom stereocenters. The van der Waals surface area contributed by atoms with Crippen LogP contribution in [0.2, 0.25) is 0 Å². The van der Waals surface area contributed by atoms with Crippen molar-refractivity contribution in [1.29, 1.82) is 0 Å². The van der Waals surface area contributed by atoms with E-state index in [2.05, 4.69) is 137 Å². The summed E-state index contributed by atoms with van der Waals surface area (Å²) in [5.41, 5.74) is 12.3. The fourth-order valence-corrected chi connectivity index (χ4v) is 15.6. The Labute approximate surface area is 328 Å². The second-order valence-electron chi connectivity index (χ2n) is 19.2. The Morgan fingerprint density at radius 3 is 1.81 bits per heavy atom. The molecule has 4 aliphatic carbocycles. The summed E-state index contributed by atoms with van der Waals surface area (Å²) in [4.78, 5) is 5.50. The van der Waals surface area contributed by atoms with Gasteiger partial charge >= 0.3 is 0 Å². The van der Waals surface area contributed by atoms with Crippen LogP contribution in [0.4, 0.5) is 11.4 Å². The number of benzene rings is 2. The molecule has 1 spiro atoms. The maximum Gasteiger partial charge on any atom is 0.145 e. The van der Waals surface area contributed by atoms with Gasteiger partial charge < -0.3 is 18.6 Å². The van der Waals surface area contributed by atoms with E-state index in [1.807, 2.05) is 22.7 Å². The summed E-state index contributed by atoms with van der Waals surface area (Å²) >= 11 is 3.72. The molecule has 3 unspecified atom stereocenters. The number of rotatable bonds is 1. The number of fused-ring (bicyclic) bond motifs is 10. The Kier molecular flexibility index (Phi) is 6.81. The molecule has 6 aromatic rings. The first-order valence-electron chi connectivity index (χ1n) is 20.6. The van der Waals surface area contributed by atoms with E-state index in [-0.39, 0.29) is 27.9 Å². The highest BCUT2D eigenvalue weighted by Crippen LogP contribution is 2.71. The summed E-state index contributed by atoms with van der Waals surface area (Å²) in [6.07, 6.45) is 7.16. The van der Waals surface area contributed by atoms with Crippen LogP contribution >= 0.6 is 22.7 Å². The van der Waals surface area contributed by atoms with Crippen molar-refractivity contribution in [2.45, 2.75) is 123 Å². The first-order chi connectivity index (χ1) is 25.8. The van der Waals surface area contributed by atoms with E-state index in [9.17, 15) is 0 Å². The topological polar surface area (TPSA) is 32.8 Å². The highest BCUT2D eigenvalue weighted by molar-refractivity contribution is 7.17. The van der Waals surface area contributed by atoms with Crippen LogP contribution in [-0.2, 0) is 16.5 Å². The summed E-state index contributed by atoms with van der Waals surface area (Å²) < 4.78 is 15.7. The lowest BCUT2D eigenvalue weighted by atomic mass is 9.47. The molecule has 54 heavy (non-hydrogen) atoms. The van der Waals surface area contributed by atoms with E-state index in [4.69, 9.17) is 8.83 Å². The first kappa shape index (κ1) is 33.8. The maximum atomic E-state index is 6.55. The third-order valence-electron chi connectivity index (χ3n) is 16.6. The molecule has 7 heterocycles. The summed E-state index contributed by atoms with van der Waals surface area (Å²) in [7, 11) is 0. The molecule has 4 bridgehead atoms. The maximum absolute atomic E-state index is 6.55. The molecule has 2 aromatic carbocycles. The normalized spacial score (nSPS) is 33.3. The average Bonchev–Trinajstić information content (AvgIpc) is 3.96. The third-order valence-corrected chi connectivity index (χ3v) is 18.5. The number of hydrogen-bond donors (Lipinski definition) is 0. The molecule has 0 saturated heterocycles. The molecule has 4 fully saturated rings. The van der Waals surface area contributed by atoms with Gasteiger partial charge in [0.25, 0.3) is 0 Å². The van der Waals surface area contributed by atoms with Crippen molar-refractivity contribution >= 4 is 54.6 Å². The zero-order valence-electron chi connectivity index (χ0n) is 33.4. The Balaban J connectivity index is 0.000000127. The van der Waals surface area contributed by atoms with Gasteiger partial charge in [0.1, 0.15) is 22.7 Å². The number of para-hydroxylation sites is 2. The van der Waals surface area contributed by atoms with Crippen LogP contribution in [0.1, 0.15) is 132 Å². The second kappa shape index (κ2) is 10.9. The molecule has 4 aromatic heterocycles. The van der Waals surface area contributed by atoms with E-state index in [1.165, 1.54) is 80.9 Å². The van der Waals surface area contributed by atoms with E-state index in [0.29, 0.717) is 6.04 Å². The van der Waals surface area contributed by atoms with E-state index in [1.54, 1.807) is 5.56 Å². The standard InChI is InChI=1S/C25H27NOS.C23H27NOS/c1-14-5-3-4-6-20(14)26-15(2)23-22(24-21(27-23)7-8-28-24)25(26)18-10-16-9-17(12-18)13-19(25)11-16;1-13-9-8-10-15-18(13)24-14(2)19-17(20-16(25-19)11-12-26-20)23(24,7)22(5,6)21(15,3)4/h3-8,15-19H,9-13H2,1-2H3;8-12,14H,1-7H3. The van der Waals surface area contributed by atoms with Gasteiger partial charge in [-0.1, -0.05) is 64.1 Å². The first-order valence-corrected chi connectivity index (χ1v) is 22.3. The molecule has 3 aliphatic heterocycles. The molecule has 4 nitrogen and oxygen atoms in total. The highest BCUT2D eigenvalue weighted by atomic mass is 32.1. The fraction of sp³-hybridized carbons (Fsp3) is 0.500. The van der Waals surface area contributed by atoms with Crippen molar-refractivity contribution in [3.63, 3.8) is 0 Å². The van der Waals surface area contributed by atoms with E-state index >= 15 is 0 Å². The van der Waals surface area contributed by atoms with Crippen LogP contribution in [0.3, 0.4) is 0 Å². The predicted octanol–water partition coefficient (Wildman–Crippen LogP) is 14.0. The smallest absolute Gasteiger partial charge is 0.145 e. The van der Waals surface area contributed by atoms with Crippen LogP contribution < -0.4 is 9.80 Å². The number of nitrogens with zero attached hydrogens (tertiary/aromatic N) is 2. The molecule has 6 heteroatoms. The number of anilines is 2. The minimum absolute atomic E-state index is 0.0289. The monoisotopic (exact) mass is 754 g/mol. The molecule has 0 N–H and O–H groups in total. The largest absolute Gasteiger partial charge is 0.458 e. The summed E-state index contributed by atoms with van der Waals surface area (Å²) in [6, 6.07) is 20.7. The molecule has 13 rings (SSSR count). The molecule has 7 aliphatic rings. The summed E-state index contributed by atoms with van der Waals surface area (Å²) in [5.74, 6) is 5.91. The molecular formula is C48H54N2O2S2. The van der Waals surface area contributed by atoms with E-state index in [0.717, 1.165) is 40.6 Å².